The SMILES string of the molecule is Cc1ccc(-n2nc(C(C)(C)C)cc2N(C(N)=O)c2ccc(C3(NCCc4ccccn4)C=CCCC3)c3ccccc23)cn1. The van der Waals surface area contributed by atoms with Gasteiger partial charge in [-0.1, -0.05) is 69.3 Å². The zero-order valence-electron chi connectivity index (χ0n) is 26.5. The van der Waals surface area contributed by atoms with E-state index < -0.39 is 6.03 Å². The number of carbonyl (C=O) groups is 1. The molecule has 230 valence electrons. The van der Waals surface area contributed by atoms with Crippen molar-refractivity contribution in [2.45, 2.75) is 64.3 Å². The number of aryl methyl sites for hydroxylation is 1. The number of hydrogen-bond acceptors (Lipinski definition) is 5. The molecule has 5 aromatic rings. The number of anilines is 2. The van der Waals surface area contributed by atoms with Crippen molar-refractivity contribution in [3.8, 4) is 5.69 Å². The van der Waals surface area contributed by atoms with Crippen molar-refractivity contribution in [1.29, 1.82) is 0 Å². The average molecular weight is 600 g/mol. The summed E-state index contributed by atoms with van der Waals surface area (Å²) in [4.78, 5) is 24.0. The summed E-state index contributed by atoms with van der Waals surface area (Å²) in [7, 11) is 0. The van der Waals surface area contributed by atoms with Crippen LogP contribution < -0.4 is 16.0 Å². The molecule has 1 aliphatic carbocycles. The van der Waals surface area contributed by atoms with Crippen LogP contribution in [0.15, 0.2) is 97.3 Å². The number of urea groups is 1. The Balaban J connectivity index is 1.47. The van der Waals surface area contributed by atoms with Gasteiger partial charge in [0.25, 0.3) is 0 Å². The molecule has 0 radical (unpaired) electrons. The van der Waals surface area contributed by atoms with Gasteiger partial charge in [0.05, 0.1) is 28.8 Å². The summed E-state index contributed by atoms with van der Waals surface area (Å²) in [5, 5.41) is 10.9. The van der Waals surface area contributed by atoms with Crippen molar-refractivity contribution in [1.82, 2.24) is 25.1 Å². The Hall–Kier alpha value is -4.82. The summed E-state index contributed by atoms with van der Waals surface area (Å²) in [6, 6.07) is 23.7. The first-order valence-corrected chi connectivity index (χ1v) is 15.6. The zero-order valence-corrected chi connectivity index (χ0v) is 26.5. The van der Waals surface area contributed by atoms with Gasteiger partial charge in [0.1, 0.15) is 5.82 Å². The van der Waals surface area contributed by atoms with Crippen LogP contribution in [0.1, 0.15) is 62.7 Å². The quantitative estimate of drug-likeness (QED) is 0.181. The minimum atomic E-state index is -0.588. The molecule has 8 heteroatoms. The van der Waals surface area contributed by atoms with E-state index in [-0.39, 0.29) is 11.0 Å². The van der Waals surface area contributed by atoms with Crippen LogP contribution in [0.25, 0.3) is 16.5 Å². The minimum Gasteiger partial charge on any atom is -0.351 e. The lowest BCUT2D eigenvalue weighted by Gasteiger charge is -2.37. The highest BCUT2D eigenvalue weighted by molar-refractivity contribution is 6.08. The molecule has 45 heavy (non-hydrogen) atoms. The fraction of sp³-hybridized carbons (Fsp3) is 0.297. The van der Waals surface area contributed by atoms with E-state index in [1.54, 1.807) is 15.8 Å². The van der Waals surface area contributed by atoms with E-state index in [0.29, 0.717) is 11.5 Å². The molecule has 1 unspecified atom stereocenters. The van der Waals surface area contributed by atoms with Crippen LogP contribution in [-0.4, -0.2) is 32.3 Å². The highest BCUT2D eigenvalue weighted by Gasteiger charge is 2.34. The van der Waals surface area contributed by atoms with E-state index in [2.05, 4.69) is 78.5 Å². The maximum absolute atomic E-state index is 13.4. The molecule has 3 aromatic heterocycles. The van der Waals surface area contributed by atoms with Gasteiger partial charge in [-0.2, -0.15) is 5.10 Å². The molecule has 2 amide bonds. The number of rotatable bonds is 8. The van der Waals surface area contributed by atoms with Crippen LogP contribution in [0.4, 0.5) is 16.3 Å². The van der Waals surface area contributed by atoms with Crippen LogP contribution >= 0.6 is 0 Å². The van der Waals surface area contributed by atoms with Gasteiger partial charge in [0.15, 0.2) is 0 Å². The van der Waals surface area contributed by atoms with E-state index in [1.165, 1.54) is 5.56 Å². The number of nitrogens with two attached hydrogens (primary N) is 1. The number of pyridine rings is 2. The summed E-state index contributed by atoms with van der Waals surface area (Å²) >= 11 is 0. The second-order valence-electron chi connectivity index (χ2n) is 12.8. The zero-order chi connectivity index (χ0) is 31.6. The van der Waals surface area contributed by atoms with E-state index in [4.69, 9.17) is 10.8 Å². The predicted molar refractivity (Wildman–Crippen MR) is 181 cm³/mol. The summed E-state index contributed by atoms with van der Waals surface area (Å²) in [5.41, 5.74) is 11.0. The molecular formula is C37H41N7O. The highest BCUT2D eigenvalue weighted by Crippen LogP contribution is 2.42. The average Bonchev–Trinajstić information content (AvgIpc) is 3.48. The van der Waals surface area contributed by atoms with Crippen LogP contribution in [-0.2, 0) is 17.4 Å². The molecule has 0 saturated heterocycles. The number of nitrogens with one attached hydrogen (secondary N) is 1. The van der Waals surface area contributed by atoms with E-state index in [0.717, 1.165) is 65.8 Å². The molecule has 3 heterocycles. The summed E-state index contributed by atoms with van der Waals surface area (Å²) in [5.74, 6) is 0.566. The number of benzene rings is 2. The third-order valence-electron chi connectivity index (χ3n) is 8.56. The molecule has 8 nitrogen and oxygen atoms in total. The van der Waals surface area contributed by atoms with E-state index in [1.807, 2.05) is 55.6 Å². The van der Waals surface area contributed by atoms with Crippen LogP contribution in [0.2, 0.25) is 0 Å². The molecule has 1 atom stereocenters. The first-order valence-electron chi connectivity index (χ1n) is 15.6. The van der Waals surface area contributed by atoms with Gasteiger partial charge in [-0.15, -0.1) is 0 Å². The molecule has 2 aromatic carbocycles. The second-order valence-corrected chi connectivity index (χ2v) is 12.8. The largest absolute Gasteiger partial charge is 0.351 e. The lowest BCUT2D eigenvalue weighted by molar-refractivity contribution is 0.256. The van der Waals surface area contributed by atoms with Crippen LogP contribution in [0.5, 0.6) is 0 Å². The van der Waals surface area contributed by atoms with Gasteiger partial charge in [0, 0.05) is 47.4 Å². The number of fused-ring (bicyclic) bond motifs is 1. The van der Waals surface area contributed by atoms with Crippen molar-refractivity contribution in [2.75, 3.05) is 11.4 Å². The van der Waals surface area contributed by atoms with Gasteiger partial charge in [-0.25, -0.2) is 14.4 Å². The molecule has 0 spiro atoms. The smallest absolute Gasteiger partial charge is 0.325 e. The second kappa shape index (κ2) is 12.3. The van der Waals surface area contributed by atoms with Crippen molar-refractivity contribution < 1.29 is 4.79 Å². The molecule has 0 fully saturated rings. The number of hydrogen-bond donors (Lipinski definition) is 2. The highest BCUT2D eigenvalue weighted by atomic mass is 16.2. The number of aromatic nitrogens is 4. The van der Waals surface area contributed by atoms with Crippen molar-refractivity contribution in [3.05, 3.63) is 120 Å². The maximum Gasteiger partial charge on any atom is 0.325 e. The first kappa shape index (κ1) is 30.2. The molecule has 0 saturated carbocycles. The standard InChI is InChI=1S/C37H41N7O/c1-26-15-16-28(25-40-26)44-34(24-33(42-44)36(2,3)4)43(35(38)45)32-18-17-31(29-13-6-7-14-30(29)32)37(20-9-5-10-21-37)41-23-19-27-12-8-11-22-39-27/h6-9,11-18,20,22,24-25,41H,5,10,19,21,23H2,1-4H3,(H2,38,45). The molecule has 1 aliphatic rings. The Bertz CT molecular complexity index is 1840. The maximum atomic E-state index is 13.4. The molecule has 0 bridgehead atoms. The number of carbonyl (C=O) groups excluding carboxylic acids is 1. The van der Waals surface area contributed by atoms with Crippen molar-refractivity contribution in [3.63, 3.8) is 0 Å². The molecular weight excluding hydrogens is 558 g/mol. The third kappa shape index (κ3) is 6.11. The third-order valence-corrected chi connectivity index (χ3v) is 8.56. The Morgan fingerprint density at radius 2 is 1.82 bits per heavy atom. The van der Waals surface area contributed by atoms with Gasteiger partial charge in [-0.05, 0) is 67.5 Å². The lowest BCUT2D eigenvalue weighted by Crippen LogP contribution is -2.43. The van der Waals surface area contributed by atoms with E-state index in [9.17, 15) is 4.79 Å². The number of nitrogens with zero attached hydrogens (tertiary/aromatic N) is 5. The Morgan fingerprint density at radius 3 is 2.49 bits per heavy atom. The number of primary amides is 1. The lowest BCUT2D eigenvalue weighted by atomic mass is 9.78. The molecule has 0 aliphatic heterocycles. The number of allylic oxidation sites excluding steroid dienone is 1. The van der Waals surface area contributed by atoms with Crippen molar-refractivity contribution in [2.24, 2.45) is 5.73 Å². The van der Waals surface area contributed by atoms with E-state index >= 15 is 0 Å². The van der Waals surface area contributed by atoms with Crippen molar-refractivity contribution >= 4 is 28.3 Å². The van der Waals surface area contributed by atoms with Crippen LogP contribution in [0, 0.1) is 6.92 Å². The summed E-state index contributed by atoms with van der Waals surface area (Å²) < 4.78 is 1.77. The fourth-order valence-electron chi connectivity index (χ4n) is 6.19. The topological polar surface area (TPSA) is 102 Å². The summed E-state index contributed by atoms with van der Waals surface area (Å²) in [6.07, 6.45) is 12.1. The minimum absolute atomic E-state index is 0.256. The van der Waals surface area contributed by atoms with Gasteiger partial charge < -0.3 is 11.1 Å². The van der Waals surface area contributed by atoms with Gasteiger partial charge in [-0.3, -0.25) is 9.97 Å². The Morgan fingerprint density at radius 1 is 1.02 bits per heavy atom. The Labute approximate surface area is 265 Å². The van der Waals surface area contributed by atoms with Gasteiger partial charge in [0.2, 0.25) is 0 Å². The fourth-order valence-corrected chi connectivity index (χ4v) is 6.19. The normalized spacial score (nSPS) is 16.6. The predicted octanol–water partition coefficient (Wildman–Crippen LogP) is 7.41. The number of amides is 2. The van der Waals surface area contributed by atoms with Crippen LogP contribution in [0.3, 0.4) is 0 Å². The van der Waals surface area contributed by atoms with Gasteiger partial charge >= 0.3 is 6.03 Å². The Kier molecular flexibility index (Phi) is 8.25. The monoisotopic (exact) mass is 599 g/mol. The molecule has 3 N–H and O–H groups in total. The molecule has 6 rings (SSSR count). The summed E-state index contributed by atoms with van der Waals surface area (Å²) in [6.45, 7) is 9.04. The first-order chi connectivity index (χ1) is 21.7.